The molecule has 1 saturated heterocycles. The summed E-state index contributed by atoms with van der Waals surface area (Å²) in [6.45, 7) is 7.09. The number of para-hydroxylation sites is 1. The van der Waals surface area contributed by atoms with Gasteiger partial charge in [-0.3, -0.25) is 14.5 Å². The highest BCUT2D eigenvalue weighted by molar-refractivity contribution is 5.95. The second-order valence-electron chi connectivity index (χ2n) is 12.7. The van der Waals surface area contributed by atoms with Crippen molar-refractivity contribution in [3.8, 4) is 11.5 Å². The summed E-state index contributed by atoms with van der Waals surface area (Å²) in [6, 6.07) is 18.3. The SMILES string of the molecule is CCCC(CCC)N(C(=O)CN1C[C@H](c2ccc3c(c2)CCO3)C(C(=O)O)[C@@H]1CCc1ccccc1OC)c1ccc(F)c(C)c1. The zero-order chi connectivity index (χ0) is 32.8. The summed E-state index contributed by atoms with van der Waals surface area (Å²) in [4.78, 5) is 31.5. The van der Waals surface area contributed by atoms with E-state index in [0.29, 0.717) is 37.2 Å². The van der Waals surface area contributed by atoms with Crippen molar-refractivity contribution in [3.63, 3.8) is 0 Å². The van der Waals surface area contributed by atoms with Crippen LogP contribution in [0.3, 0.4) is 0 Å². The number of carbonyl (C=O) groups excluding carboxylic acids is 1. The number of aliphatic carboxylic acids is 1. The number of carbonyl (C=O) groups is 2. The highest BCUT2D eigenvalue weighted by Crippen LogP contribution is 2.42. The number of hydrogen-bond acceptors (Lipinski definition) is 5. The number of fused-ring (bicyclic) bond motifs is 1. The van der Waals surface area contributed by atoms with Crippen LogP contribution in [-0.4, -0.2) is 60.8 Å². The van der Waals surface area contributed by atoms with Gasteiger partial charge in [-0.05, 0) is 85.2 Å². The van der Waals surface area contributed by atoms with Gasteiger partial charge >= 0.3 is 5.97 Å². The normalized spacial score (nSPS) is 19.2. The van der Waals surface area contributed by atoms with E-state index in [4.69, 9.17) is 9.47 Å². The molecule has 1 amide bonds. The second-order valence-corrected chi connectivity index (χ2v) is 12.7. The van der Waals surface area contributed by atoms with Crippen LogP contribution in [0.1, 0.15) is 74.1 Å². The molecule has 0 spiro atoms. The molecule has 1 unspecified atom stereocenters. The van der Waals surface area contributed by atoms with Crippen LogP contribution >= 0.6 is 0 Å². The van der Waals surface area contributed by atoms with Crippen molar-refractivity contribution in [2.75, 3.05) is 31.7 Å². The fraction of sp³-hybridized carbons (Fsp3) is 0.474. The van der Waals surface area contributed by atoms with Crippen molar-refractivity contribution in [2.24, 2.45) is 5.92 Å². The van der Waals surface area contributed by atoms with Crippen molar-refractivity contribution in [3.05, 3.63) is 88.7 Å². The van der Waals surface area contributed by atoms with Gasteiger partial charge < -0.3 is 19.5 Å². The van der Waals surface area contributed by atoms with E-state index in [2.05, 4.69) is 24.8 Å². The molecule has 1 N–H and O–H groups in total. The first kappa shape index (κ1) is 33.5. The van der Waals surface area contributed by atoms with Crippen molar-refractivity contribution < 1.29 is 28.6 Å². The quantitative estimate of drug-likeness (QED) is 0.203. The Labute approximate surface area is 272 Å². The highest BCUT2D eigenvalue weighted by atomic mass is 19.1. The number of rotatable bonds is 14. The number of nitrogens with zero attached hydrogens (tertiary/aromatic N) is 2. The number of carboxylic acids is 1. The van der Waals surface area contributed by atoms with Crippen LogP contribution in [0.15, 0.2) is 60.7 Å². The third-order valence-corrected chi connectivity index (χ3v) is 9.71. The van der Waals surface area contributed by atoms with Gasteiger partial charge in [-0.25, -0.2) is 4.39 Å². The number of methoxy groups -OCH3 is 1. The number of ether oxygens (including phenoxy) is 2. The number of benzene rings is 3. The molecule has 2 aliphatic rings. The van der Waals surface area contributed by atoms with Crippen LogP contribution < -0.4 is 14.4 Å². The largest absolute Gasteiger partial charge is 0.496 e. The molecule has 0 bridgehead atoms. The summed E-state index contributed by atoms with van der Waals surface area (Å²) in [5.74, 6) is -0.619. The smallest absolute Gasteiger partial charge is 0.308 e. The third kappa shape index (κ3) is 7.22. The zero-order valence-corrected chi connectivity index (χ0v) is 27.5. The molecule has 3 aromatic rings. The van der Waals surface area contributed by atoms with E-state index in [1.807, 2.05) is 41.3 Å². The first-order valence-electron chi connectivity index (χ1n) is 16.7. The van der Waals surface area contributed by atoms with Gasteiger partial charge in [0.2, 0.25) is 5.91 Å². The molecule has 1 fully saturated rings. The first-order valence-corrected chi connectivity index (χ1v) is 16.7. The molecule has 7 nitrogen and oxygen atoms in total. The topological polar surface area (TPSA) is 79.3 Å². The average molecular weight is 631 g/mol. The molecule has 246 valence electrons. The van der Waals surface area contributed by atoms with E-state index in [0.717, 1.165) is 60.3 Å². The molecule has 2 heterocycles. The van der Waals surface area contributed by atoms with Crippen molar-refractivity contribution in [1.82, 2.24) is 4.90 Å². The average Bonchev–Trinajstić information content (AvgIpc) is 3.66. The van der Waals surface area contributed by atoms with Crippen molar-refractivity contribution >= 4 is 17.6 Å². The van der Waals surface area contributed by atoms with E-state index in [-0.39, 0.29) is 36.3 Å². The molecule has 0 saturated carbocycles. The Kier molecular flexibility index (Phi) is 11.0. The summed E-state index contributed by atoms with van der Waals surface area (Å²) in [5.41, 5.74) is 4.25. The Morgan fingerprint density at radius 1 is 1.09 bits per heavy atom. The number of aryl methyl sites for hydroxylation is 2. The Hall–Kier alpha value is -3.91. The van der Waals surface area contributed by atoms with E-state index < -0.39 is 11.9 Å². The molecule has 0 aromatic heterocycles. The lowest BCUT2D eigenvalue weighted by molar-refractivity contribution is -0.143. The molecule has 0 radical (unpaired) electrons. The van der Waals surface area contributed by atoms with Crippen LogP contribution in [-0.2, 0) is 22.4 Å². The minimum absolute atomic E-state index is 0.0372. The maximum atomic E-state index is 14.5. The second kappa shape index (κ2) is 15.1. The number of carboxylic acid groups (broad SMARTS) is 1. The highest BCUT2D eigenvalue weighted by Gasteiger charge is 2.47. The van der Waals surface area contributed by atoms with Gasteiger partial charge in [-0.2, -0.15) is 0 Å². The van der Waals surface area contributed by atoms with Crippen LogP contribution in [0.4, 0.5) is 10.1 Å². The van der Waals surface area contributed by atoms with Crippen LogP contribution in [0.5, 0.6) is 11.5 Å². The maximum Gasteiger partial charge on any atom is 0.308 e. The lowest BCUT2D eigenvalue weighted by Gasteiger charge is -2.35. The van der Waals surface area contributed by atoms with Crippen LogP contribution in [0, 0.1) is 18.7 Å². The third-order valence-electron chi connectivity index (χ3n) is 9.71. The molecule has 3 atom stereocenters. The fourth-order valence-electron chi connectivity index (χ4n) is 7.50. The molecule has 8 heteroatoms. The minimum Gasteiger partial charge on any atom is -0.496 e. The number of halogens is 1. The zero-order valence-electron chi connectivity index (χ0n) is 27.5. The van der Waals surface area contributed by atoms with Crippen molar-refractivity contribution in [2.45, 2.75) is 83.7 Å². The molecular weight excluding hydrogens is 583 g/mol. The number of likely N-dealkylation sites (tertiary alicyclic amines) is 1. The Bertz CT molecular complexity index is 1520. The van der Waals surface area contributed by atoms with Gasteiger partial charge in [-0.15, -0.1) is 0 Å². The van der Waals surface area contributed by atoms with E-state index in [1.165, 1.54) is 6.07 Å². The monoisotopic (exact) mass is 630 g/mol. The van der Waals surface area contributed by atoms with Gasteiger partial charge in [0.25, 0.3) is 0 Å². The standard InChI is InChI=1S/C38H47FN2O5/c1-5-9-29(10-6-2)41(30-15-16-32(39)25(3)21-30)36(42)24-40-23-31(27-14-18-35-28(22-27)19-20-46-35)37(38(43)44)33(40)17-13-26-11-7-8-12-34(26)45-4/h7-8,11-12,14-16,18,21-22,29,31,33,37H,5-6,9-10,13,17,19-20,23-24H2,1-4H3,(H,43,44)/t31-,33+,37?/m1/s1. The van der Waals surface area contributed by atoms with Gasteiger partial charge in [-0.1, -0.05) is 57.0 Å². The summed E-state index contributed by atoms with van der Waals surface area (Å²) < 4.78 is 25.7. The molecule has 0 aliphatic carbocycles. The molecule has 46 heavy (non-hydrogen) atoms. The van der Waals surface area contributed by atoms with Gasteiger partial charge in [0.05, 0.1) is 26.2 Å². The number of amides is 1. The Balaban J connectivity index is 1.50. The predicted octanol–water partition coefficient (Wildman–Crippen LogP) is 7.18. The summed E-state index contributed by atoms with van der Waals surface area (Å²) in [6.07, 6.45) is 5.43. The van der Waals surface area contributed by atoms with Crippen LogP contribution in [0.2, 0.25) is 0 Å². The lowest BCUT2D eigenvalue weighted by Crippen LogP contribution is -2.48. The summed E-state index contributed by atoms with van der Waals surface area (Å²) in [7, 11) is 1.64. The van der Waals surface area contributed by atoms with Crippen molar-refractivity contribution in [1.29, 1.82) is 0 Å². The maximum absolute atomic E-state index is 14.5. The first-order chi connectivity index (χ1) is 22.2. The van der Waals surface area contributed by atoms with Gasteiger partial charge in [0, 0.05) is 36.7 Å². The Morgan fingerprint density at radius 2 is 1.85 bits per heavy atom. The van der Waals surface area contributed by atoms with Crippen LogP contribution in [0.25, 0.3) is 0 Å². The van der Waals surface area contributed by atoms with Gasteiger partial charge in [0.15, 0.2) is 0 Å². The molecule has 2 aliphatic heterocycles. The minimum atomic E-state index is -0.859. The van der Waals surface area contributed by atoms with Gasteiger partial charge in [0.1, 0.15) is 17.3 Å². The summed E-state index contributed by atoms with van der Waals surface area (Å²) in [5, 5.41) is 10.7. The predicted molar refractivity (Wildman–Crippen MR) is 178 cm³/mol. The molecular formula is C38H47FN2O5. The number of anilines is 1. The van der Waals surface area contributed by atoms with E-state index in [9.17, 15) is 19.1 Å². The molecule has 5 rings (SSSR count). The lowest BCUT2D eigenvalue weighted by atomic mass is 9.83. The number of hydrogen-bond donors (Lipinski definition) is 1. The van der Waals surface area contributed by atoms with E-state index >= 15 is 0 Å². The van der Waals surface area contributed by atoms with E-state index in [1.54, 1.807) is 26.2 Å². The molecule has 3 aromatic carbocycles. The Morgan fingerprint density at radius 3 is 2.54 bits per heavy atom. The summed E-state index contributed by atoms with van der Waals surface area (Å²) >= 11 is 0. The fourth-order valence-corrected chi connectivity index (χ4v) is 7.50.